The first-order valence-electron chi connectivity index (χ1n) is 13.5. The van der Waals surface area contributed by atoms with Crippen LogP contribution in [0.3, 0.4) is 0 Å². The Bertz CT molecular complexity index is 1420. The van der Waals surface area contributed by atoms with Crippen molar-refractivity contribution in [3.8, 4) is 0 Å². The van der Waals surface area contributed by atoms with Crippen LogP contribution in [-0.2, 0) is 27.6 Å². The fourth-order valence-corrected chi connectivity index (χ4v) is 6.02. The summed E-state index contributed by atoms with van der Waals surface area (Å²) in [7, 11) is -2.07. The normalized spacial score (nSPS) is 17.5. The van der Waals surface area contributed by atoms with Crippen LogP contribution in [0.15, 0.2) is 53.7 Å². The number of nitrogens with one attached hydrogen (secondary N) is 2. The topological polar surface area (TPSA) is 139 Å². The SMILES string of the molecule is CN(C(=O)OC(C)(C)C)C1CCC(Nc2ncc(CCc3ccc(NS(=O)(=O)c4ccccc4Cl)nn3)cn2)CC1. The van der Waals surface area contributed by atoms with Crippen molar-refractivity contribution in [1.82, 2.24) is 25.1 Å². The first-order valence-corrected chi connectivity index (χ1v) is 15.4. The zero-order valence-electron chi connectivity index (χ0n) is 23.7. The van der Waals surface area contributed by atoms with E-state index in [4.69, 9.17) is 16.3 Å². The van der Waals surface area contributed by atoms with Gasteiger partial charge in [0.05, 0.1) is 10.7 Å². The van der Waals surface area contributed by atoms with E-state index in [2.05, 4.69) is 30.2 Å². The lowest BCUT2D eigenvalue weighted by Gasteiger charge is -2.35. The summed E-state index contributed by atoms with van der Waals surface area (Å²) in [5.41, 5.74) is 1.15. The number of rotatable bonds is 9. The van der Waals surface area contributed by atoms with Gasteiger partial charge in [-0.15, -0.1) is 5.10 Å². The van der Waals surface area contributed by atoms with Crippen molar-refractivity contribution in [2.45, 2.75) is 81.9 Å². The van der Waals surface area contributed by atoms with Gasteiger partial charge in [-0.1, -0.05) is 23.7 Å². The standard InChI is InChI=1S/C28H36ClN7O4S/c1-28(2,3)40-27(37)36(4)22-14-11-20(12-15-22)32-26-30-17-19(18-31-26)9-10-21-13-16-25(34-33-21)35-41(38,39)24-8-6-5-7-23(24)29/h5-8,13,16-18,20,22H,9-12,14-15H2,1-4H3,(H,34,35)(H,30,31,32). The van der Waals surface area contributed by atoms with Crippen LogP contribution in [0.5, 0.6) is 0 Å². The number of halogens is 1. The first-order chi connectivity index (χ1) is 19.4. The van der Waals surface area contributed by atoms with Gasteiger partial charge in [-0.25, -0.2) is 23.2 Å². The molecular weight excluding hydrogens is 566 g/mol. The maximum atomic E-state index is 12.6. The molecule has 0 bridgehead atoms. The molecule has 4 rings (SSSR count). The van der Waals surface area contributed by atoms with Crippen LogP contribution >= 0.6 is 11.6 Å². The molecule has 1 aliphatic rings. The zero-order chi connectivity index (χ0) is 29.6. The average molecular weight is 602 g/mol. The van der Waals surface area contributed by atoms with Gasteiger partial charge in [0, 0.05) is 31.5 Å². The third kappa shape index (κ3) is 8.74. The average Bonchev–Trinajstić information content (AvgIpc) is 2.92. The Morgan fingerprint density at radius 2 is 1.71 bits per heavy atom. The van der Waals surface area contributed by atoms with E-state index in [1.807, 2.05) is 20.8 Å². The van der Waals surface area contributed by atoms with Crippen LogP contribution in [0.4, 0.5) is 16.6 Å². The Kier molecular flexibility index (Phi) is 9.64. The zero-order valence-corrected chi connectivity index (χ0v) is 25.2. The monoisotopic (exact) mass is 601 g/mol. The van der Waals surface area contributed by atoms with Crippen molar-refractivity contribution in [3.05, 3.63) is 65.1 Å². The number of nitrogens with zero attached hydrogens (tertiary/aromatic N) is 5. The first kappa shape index (κ1) is 30.4. The van der Waals surface area contributed by atoms with Gasteiger partial charge in [0.25, 0.3) is 10.0 Å². The molecule has 0 radical (unpaired) electrons. The summed E-state index contributed by atoms with van der Waals surface area (Å²) in [5, 5.41) is 11.7. The highest BCUT2D eigenvalue weighted by Gasteiger charge is 2.29. The molecule has 220 valence electrons. The molecule has 41 heavy (non-hydrogen) atoms. The molecule has 1 aliphatic carbocycles. The van der Waals surface area contributed by atoms with Crippen LogP contribution in [0.25, 0.3) is 0 Å². The second-order valence-corrected chi connectivity index (χ2v) is 13.2. The predicted molar refractivity (Wildman–Crippen MR) is 157 cm³/mol. The molecule has 1 aromatic carbocycles. The summed E-state index contributed by atoms with van der Waals surface area (Å²) in [6.07, 6.45) is 8.12. The molecule has 0 spiro atoms. The van der Waals surface area contributed by atoms with Crippen molar-refractivity contribution in [2.75, 3.05) is 17.1 Å². The Labute approximate surface area is 246 Å². The number of hydrogen-bond acceptors (Lipinski definition) is 9. The Morgan fingerprint density at radius 3 is 2.32 bits per heavy atom. The van der Waals surface area contributed by atoms with Crippen molar-refractivity contribution < 1.29 is 17.9 Å². The molecule has 2 N–H and O–H groups in total. The van der Waals surface area contributed by atoms with Gasteiger partial charge in [0.2, 0.25) is 5.95 Å². The van der Waals surface area contributed by atoms with Gasteiger partial charge in [-0.3, -0.25) is 4.72 Å². The van der Waals surface area contributed by atoms with E-state index in [1.54, 1.807) is 48.6 Å². The Hall–Kier alpha value is -3.51. The van der Waals surface area contributed by atoms with Gasteiger partial charge in [0.15, 0.2) is 5.82 Å². The van der Waals surface area contributed by atoms with Gasteiger partial charge in [-0.2, -0.15) is 5.10 Å². The highest BCUT2D eigenvalue weighted by Crippen LogP contribution is 2.26. The summed E-state index contributed by atoms with van der Waals surface area (Å²) < 4.78 is 33.0. The second-order valence-electron chi connectivity index (χ2n) is 11.1. The van der Waals surface area contributed by atoms with E-state index in [-0.39, 0.29) is 33.9 Å². The van der Waals surface area contributed by atoms with Gasteiger partial charge < -0.3 is 15.0 Å². The number of carbonyl (C=O) groups is 1. The van der Waals surface area contributed by atoms with E-state index in [0.717, 1.165) is 31.2 Å². The number of carbonyl (C=O) groups excluding carboxylic acids is 1. The van der Waals surface area contributed by atoms with Crippen molar-refractivity contribution in [3.63, 3.8) is 0 Å². The van der Waals surface area contributed by atoms with Crippen molar-refractivity contribution in [1.29, 1.82) is 0 Å². The molecule has 1 fully saturated rings. The van der Waals surface area contributed by atoms with Crippen LogP contribution in [0.2, 0.25) is 5.02 Å². The number of hydrogen-bond donors (Lipinski definition) is 2. The number of benzene rings is 1. The molecule has 11 nitrogen and oxygen atoms in total. The number of amides is 1. The van der Waals surface area contributed by atoms with Gasteiger partial charge in [-0.05, 0) is 89.1 Å². The third-order valence-electron chi connectivity index (χ3n) is 6.72. The second kappa shape index (κ2) is 13.0. The smallest absolute Gasteiger partial charge is 0.410 e. The molecule has 13 heteroatoms. The maximum absolute atomic E-state index is 12.6. The minimum atomic E-state index is -3.87. The summed E-state index contributed by atoms with van der Waals surface area (Å²) >= 11 is 6.01. The Balaban J connectivity index is 1.22. The lowest BCUT2D eigenvalue weighted by atomic mass is 9.90. The fraction of sp³-hybridized carbons (Fsp3) is 0.464. The van der Waals surface area contributed by atoms with Crippen molar-refractivity contribution >= 4 is 39.5 Å². The summed E-state index contributed by atoms with van der Waals surface area (Å²) in [6, 6.07) is 9.89. The molecule has 0 unspecified atom stereocenters. The van der Waals surface area contributed by atoms with Crippen LogP contribution < -0.4 is 10.0 Å². The number of aryl methyl sites for hydroxylation is 2. The molecule has 2 aromatic heterocycles. The summed E-state index contributed by atoms with van der Waals surface area (Å²) in [6.45, 7) is 5.61. The molecule has 1 amide bonds. The highest BCUT2D eigenvalue weighted by atomic mass is 35.5. The quantitative estimate of drug-likeness (QED) is 0.343. The molecule has 0 saturated heterocycles. The van der Waals surface area contributed by atoms with E-state index >= 15 is 0 Å². The molecular formula is C28H36ClN7O4S. The number of sulfonamides is 1. The number of aromatic nitrogens is 4. The summed E-state index contributed by atoms with van der Waals surface area (Å²) in [4.78, 5) is 23.0. The fourth-order valence-electron chi connectivity index (χ4n) is 4.51. The van der Waals surface area contributed by atoms with Crippen LogP contribution in [0, 0.1) is 0 Å². The minimum absolute atomic E-state index is 0.0241. The molecule has 2 heterocycles. The van der Waals surface area contributed by atoms with E-state index in [1.165, 1.54) is 12.1 Å². The largest absolute Gasteiger partial charge is 0.444 e. The molecule has 0 aliphatic heterocycles. The molecule has 3 aromatic rings. The molecule has 0 atom stereocenters. The third-order valence-corrected chi connectivity index (χ3v) is 8.57. The van der Waals surface area contributed by atoms with Gasteiger partial charge >= 0.3 is 6.09 Å². The van der Waals surface area contributed by atoms with E-state index < -0.39 is 15.6 Å². The van der Waals surface area contributed by atoms with E-state index in [0.29, 0.717) is 24.5 Å². The lowest BCUT2D eigenvalue weighted by molar-refractivity contribution is 0.0185. The number of anilines is 2. The predicted octanol–water partition coefficient (Wildman–Crippen LogP) is 5.10. The Morgan fingerprint density at radius 1 is 1.02 bits per heavy atom. The van der Waals surface area contributed by atoms with Gasteiger partial charge in [0.1, 0.15) is 10.5 Å². The van der Waals surface area contributed by atoms with Crippen LogP contribution in [-0.4, -0.2) is 64.3 Å². The van der Waals surface area contributed by atoms with Crippen molar-refractivity contribution in [2.24, 2.45) is 0 Å². The van der Waals surface area contributed by atoms with E-state index in [9.17, 15) is 13.2 Å². The number of ether oxygens (including phenoxy) is 1. The minimum Gasteiger partial charge on any atom is -0.444 e. The maximum Gasteiger partial charge on any atom is 0.410 e. The highest BCUT2D eigenvalue weighted by molar-refractivity contribution is 7.92. The van der Waals surface area contributed by atoms with Crippen LogP contribution in [0.1, 0.15) is 57.7 Å². The lowest BCUT2D eigenvalue weighted by Crippen LogP contribution is -2.43. The summed E-state index contributed by atoms with van der Waals surface area (Å²) in [5.74, 6) is 0.686. The molecule has 1 saturated carbocycles.